The lowest BCUT2D eigenvalue weighted by atomic mass is 10.1. The van der Waals surface area contributed by atoms with Crippen LogP contribution in [-0.2, 0) is 27.8 Å². The number of carbonyl (C=O) groups excluding carboxylic acids is 2. The van der Waals surface area contributed by atoms with Crippen molar-refractivity contribution in [2.24, 2.45) is 7.05 Å². The number of rotatable bonds is 5. The van der Waals surface area contributed by atoms with Crippen LogP contribution in [0.4, 0.5) is 0 Å². The first kappa shape index (κ1) is 15.2. The Labute approximate surface area is 111 Å². The maximum absolute atomic E-state index is 11.7. The summed E-state index contributed by atoms with van der Waals surface area (Å²) in [5.74, 6) is -1.05. The van der Waals surface area contributed by atoms with Gasteiger partial charge in [0.2, 0.25) is 5.91 Å². The standard InChI is InChI=1S/C12H19N3O4/c1-7-9(8(2)15(3)14-7)5-11(17)13-6-10(16)12(18)19-4/h10,16H,5-6H2,1-4H3,(H,13,17). The zero-order valence-electron chi connectivity index (χ0n) is 11.6. The van der Waals surface area contributed by atoms with Crippen molar-refractivity contribution < 1.29 is 19.4 Å². The maximum Gasteiger partial charge on any atom is 0.336 e. The molecule has 7 heteroatoms. The minimum absolute atomic E-state index is 0.163. The molecule has 7 nitrogen and oxygen atoms in total. The Morgan fingerprint density at radius 2 is 2.11 bits per heavy atom. The Hall–Kier alpha value is -1.89. The lowest BCUT2D eigenvalue weighted by Gasteiger charge is -2.09. The second-order valence-electron chi connectivity index (χ2n) is 4.29. The van der Waals surface area contributed by atoms with Gasteiger partial charge in [-0.15, -0.1) is 0 Å². The van der Waals surface area contributed by atoms with Gasteiger partial charge in [-0.25, -0.2) is 4.79 Å². The number of amides is 1. The molecule has 0 saturated carbocycles. The molecule has 1 aromatic rings. The Balaban J connectivity index is 2.54. The molecule has 0 radical (unpaired) electrons. The summed E-state index contributed by atoms with van der Waals surface area (Å²) < 4.78 is 6.06. The Bertz CT molecular complexity index is 482. The van der Waals surface area contributed by atoms with E-state index in [1.165, 1.54) is 7.11 Å². The minimum Gasteiger partial charge on any atom is -0.467 e. The van der Waals surface area contributed by atoms with E-state index in [1.807, 2.05) is 20.9 Å². The highest BCUT2D eigenvalue weighted by Crippen LogP contribution is 2.12. The molecule has 1 heterocycles. The molecule has 0 aliphatic heterocycles. The summed E-state index contributed by atoms with van der Waals surface area (Å²) in [5.41, 5.74) is 2.57. The van der Waals surface area contributed by atoms with Crippen LogP contribution in [0.1, 0.15) is 17.0 Å². The summed E-state index contributed by atoms with van der Waals surface area (Å²) in [6.45, 7) is 3.55. The van der Waals surface area contributed by atoms with E-state index in [0.29, 0.717) is 0 Å². The Morgan fingerprint density at radius 3 is 2.58 bits per heavy atom. The predicted molar refractivity (Wildman–Crippen MR) is 67.4 cm³/mol. The third-order valence-corrected chi connectivity index (χ3v) is 2.96. The summed E-state index contributed by atoms with van der Waals surface area (Å²) >= 11 is 0. The predicted octanol–water partition coefficient (Wildman–Crippen LogP) is -0.770. The van der Waals surface area contributed by atoms with Gasteiger partial charge in [0, 0.05) is 18.3 Å². The van der Waals surface area contributed by atoms with Crippen molar-refractivity contribution in [1.82, 2.24) is 15.1 Å². The number of nitrogens with one attached hydrogen (secondary N) is 1. The van der Waals surface area contributed by atoms with Gasteiger partial charge in [0.25, 0.3) is 0 Å². The number of nitrogens with zero attached hydrogens (tertiary/aromatic N) is 2. The number of methoxy groups -OCH3 is 1. The summed E-state index contributed by atoms with van der Waals surface area (Å²) in [7, 11) is 2.99. The number of aliphatic hydroxyl groups excluding tert-OH is 1. The van der Waals surface area contributed by atoms with Gasteiger partial charge >= 0.3 is 5.97 Å². The number of hydrogen-bond donors (Lipinski definition) is 2. The third kappa shape index (κ3) is 3.78. The molecule has 2 N–H and O–H groups in total. The number of aryl methyl sites for hydroxylation is 2. The van der Waals surface area contributed by atoms with E-state index < -0.39 is 12.1 Å². The minimum atomic E-state index is -1.34. The van der Waals surface area contributed by atoms with Crippen LogP contribution in [0.15, 0.2) is 0 Å². The Morgan fingerprint density at radius 1 is 1.47 bits per heavy atom. The highest BCUT2D eigenvalue weighted by atomic mass is 16.5. The summed E-state index contributed by atoms with van der Waals surface area (Å²) in [6, 6.07) is 0. The van der Waals surface area contributed by atoms with E-state index in [0.717, 1.165) is 17.0 Å². The molecule has 1 aromatic heterocycles. The van der Waals surface area contributed by atoms with Gasteiger partial charge < -0.3 is 15.2 Å². The van der Waals surface area contributed by atoms with Crippen molar-refractivity contribution in [3.63, 3.8) is 0 Å². The molecular weight excluding hydrogens is 250 g/mol. The number of esters is 1. The molecule has 0 aliphatic carbocycles. The molecule has 0 saturated heterocycles. The molecule has 106 valence electrons. The smallest absolute Gasteiger partial charge is 0.336 e. The van der Waals surface area contributed by atoms with E-state index in [2.05, 4.69) is 15.2 Å². The molecule has 0 spiro atoms. The van der Waals surface area contributed by atoms with Crippen molar-refractivity contribution in [3.8, 4) is 0 Å². The number of carbonyl (C=O) groups is 2. The monoisotopic (exact) mass is 269 g/mol. The lowest BCUT2D eigenvalue weighted by Crippen LogP contribution is -2.37. The Kier molecular flexibility index (Phi) is 5.05. The van der Waals surface area contributed by atoms with Gasteiger partial charge in [0.1, 0.15) is 0 Å². The quantitative estimate of drug-likeness (QED) is 0.685. The van der Waals surface area contributed by atoms with Crippen molar-refractivity contribution in [1.29, 1.82) is 0 Å². The zero-order chi connectivity index (χ0) is 14.6. The highest BCUT2D eigenvalue weighted by molar-refractivity contribution is 5.80. The molecule has 0 aliphatic rings. The van der Waals surface area contributed by atoms with Crippen LogP contribution in [0, 0.1) is 13.8 Å². The van der Waals surface area contributed by atoms with Gasteiger partial charge in [0.05, 0.1) is 25.8 Å². The van der Waals surface area contributed by atoms with Crippen molar-refractivity contribution in [3.05, 3.63) is 17.0 Å². The number of hydrogen-bond acceptors (Lipinski definition) is 5. The zero-order valence-corrected chi connectivity index (χ0v) is 11.6. The van der Waals surface area contributed by atoms with Gasteiger partial charge in [-0.1, -0.05) is 0 Å². The fourth-order valence-corrected chi connectivity index (χ4v) is 1.73. The van der Waals surface area contributed by atoms with Crippen LogP contribution >= 0.6 is 0 Å². The van der Waals surface area contributed by atoms with Crippen LogP contribution in [0.25, 0.3) is 0 Å². The second kappa shape index (κ2) is 6.33. The SMILES string of the molecule is COC(=O)C(O)CNC(=O)Cc1c(C)nn(C)c1C. The normalized spacial score (nSPS) is 12.1. The van der Waals surface area contributed by atoms with Gasteiger partial charge in [-0.2, -0.15) is 5.10 Å². The largest absolute Gasteiger partial charge is 0.467 e. The fraction of sp³-hybridized carbons (Fsp3) is 0.583. The summed E-state index contributed by atoms with van der Waals surface area (Å²) in [6.07, 6.45) is -1.18. The summed E-state index contributed by atoms with van der Waals surface area (Å²) in [5, 5.41) is 16.0. The third-order valence-electron chi connectivity index (χ3n) is 2.96. The molecule has 1 amide bonds. The first-order valence-electron chi connectivity index (χ1n) is 5.88. The fourth-order valence-electron chi connectivity index (χ4n) is 1.73. The van der Waals surface area contributed by atoms with E-state index in [-0.39, 0.29) is 18.9 Å². The maximum atomic E-state index is 11.7. The molecular formula is C12H19N3O4. The number of aliphatic hydroxyl groups is 1. The molecule has 19 heavy (non-hydrogen) atoms. The van der Waals surface area contributed by atoms with Crippen LogP contribution in [0.3, 0.4) is 0 Å². The van der Waals surface area contributed by atoms with Gasteiger partial charge in [0.15, 0.2) is 6.10 Å². The molecule has 1 unspecified atom stereocenters. The first-order chi connectivity index (χ1) is 8.86. The number of ether oxygens (including phenoxy) is 1. The highest BCUT2D eigenvalue weighted by Gasteiger charge is 2.18. The van der Waals surface area contributed by atoms with Gasteiger partial charge in [-0.05, 0) is 13.8 Å². The van der Waals surface area contributed by atoms with E-state index in [9.17, 15) is 14.7 Å². The topological polar surface area (TPSA) is 93.4 Å². The van der Waals surface area contributed by atoms with Crippen molar-refractivity contribution >= 4 is 11.9 Å². The number of aromatic nitrogens is 2. The van der Waals surface area contributed by atoms with E-state index in [4.69, 9.17) is 0 Å². The summed E-state index contributed by atoms with van der Waals surface area (Å²) in [4.78, 5) is 22.7. The van der Waals surface area contributed by atoms with Crippen LogP contribution in [0.5, 0.6) is 0 Å². The average Bonchev–Trinajstić information content (AvgIpc) is 2.61. The molecule has 0 aromatic carbocycles. The molecule has 1 rings (SSSR count). The molecule has 0 fully saturated rings. The first-order valence-corrected chi connectivity index (χ1v) is 5.88. The van der Waals surface area contributed by atoms with E-state index in [1.54, 1.807) is 4.68 Å². The second-order valence-corrected chi connectivity index (χ2v) is 4.29. The van der Waals surface area contributed by atoms with Crippen LogP contribution in [0.2, 0.25) is 0 Å². The van der Waals surface area contributed by atoms with Gasteiger partial charge in [-0.3, -0.25) is 9.48 Å². The van der Waals surface area contributed by atoms with Crippen LogP contribution in [-0.4, -0.2) is 46.5 Å². The molecule has 1 atom stereocenters. The molecule has 0 bridgehead atoms. The lowest BCUT2D eigenvalue weighted by molar-refractivity contribution is -0.150. The van der Waals surface area contributed by atoms with E-state index >= 15 is 0 Å². The average molecular weight is 269 g/mol. The van der Waals surface area contributed by atoms with Crippen LogP contribution < -0.4 is 5.32 Å². The van der Waals surface area contributed by atoms with Crippen molar-refractivity contribution in [2.45, 2.75) is 26.4 Å². The van der Waals surface area contributed by atoms with Crippen molar-refractivity contribution in [2.75, 3.05) is 13.7 Å².